The van der Waals surface area contributed by atoms with E-state index in [1.54, 1.807) is 0 Å². The Bertz CT molecular complexity index is 548. The summed E-state index contributed by atoms with van der Waals surface area (Å²) in [4.78, 5) is 0.418. The van der Waals surface area contributed by atoms with Gasteiger partial charge in [-0.05, 0) is 31.9 Å². The van der Waals surface area contributed by atoms with E-state index >= 15 is 0 Å². The Hall–Kier alpha value is -0.900. The van der Waals surface area contributed by atoms with Gasteiger partial charge in [-0.3, -0.25) is 0 Å². The maximum Gasteiger partial charge on any atom is 0.250 e. The molecule has 0 aliphatic heterocycles. The topological polar surface area (TPSA) is 70.0 Å². The molecule has 2 rings (SSSR count). The highest BCUT2D eigenvalue weighted by Crippen LogP contribution is 2.31. The number of hydrogen-bond donors (Lipinski definition) is 1. The number of rotatable bonds is 3. The van der Waals surface area contributed by atoms with Gasteiger partial charge in [0.25, 0.3) is 10.0 Å². The van der Waals surface area contributed by atoms with Crippen molar-refractivity contribution in [2.75, 3.05) is 0 Å². The van der Waals surface area contributed by atoms with Crippen molar-refractivity contribution < 1.29 is 8.42 Å². The van der Waals surface area contributed by atoms with Crippen LogP contribution in [0.15, 0.2) is 16.3 Å². The molecule has 0 unspecified atom stereocenters. The minimum atomic E-state index is -3.47. The van der Waals surface area contributed by atoms with Crippen molar-refractivity contribution in [2.24, 2.45) is 0 Å². The van der Waals surface area contributed by atoms with Gasteiger partial charge in [0.1, 0.15) is 15.2 Å². The molecule has 0 spiro atoms. The maximum absolute atomic E-state index is 12.1. The van der Waals surface area contributed by atoms with E-state index in [2.05, 4.69) is 4.72 Å². The summed E-state index contributed by atoms with van der Waals surface area (Å²) in [6, 6.07) is 4.98. The highest BCUT2D eigenvalue weighted by Gasteiger charge is 2.34. The van der Waals surface area contributed by atoms with Crippen molar-refractivity contribution in [3.8, 4) is 6.07 Å². The Kier molecular flexibility index (Phi) is 3.25. The van der Waals surface area contributed by atoms with Crippen molar-refractivity contribution in [1.29, 1.82) is 5.26 Å². The first kappa shape index (κ1) is 12.6. The minimum Gasteiger partial charge on any atom is -0.206 e. The molecule has 0 bridgehead atoms. The molecule has 1 aliphatic rings. The van der Waals surface area contributed by atoms with Crippen LogP contribution >= 0.6 is 11.3 Å². The molecule has 17 heavy (non-hydrogen) atoms. The summed E-state index contributed by atoms with van der Waals surface area (Å²) in [6.45, 7) is 1.94. The fraction of sp³-hybridized carbons (Fsp3) is 0.545. The molecule has 1 fully saturated rings. The first-order chi connectivity index (χ1) is 7.95. The van der Waals surface area contributed by atoms with Gasteiger partial charge in [-0.2, -0.15) is 5.26 Å². The fourth-order valence-electron chi connectivity index (χ4n) is 2.16. The summed E-state index contributed by atoms with van der Waals surface area (Å²) in [6.07, 6.45) is 3.88. The predicted molar refractivity (Wildman–Crippen MR) is 66.2 cm³/mol. The molecule has 1 saturated carbocycles. The molecule has 1 N–H and O–H groups in total. The Labute approximate surface area is 105 Å². The summed E-state index contributed by atoms with van der Waals surface area (Å²) in [5.74, 6) is 0. The van der Waals surface area contributed by atoms with Gasteiger partial charge in [-0.15, -0.1) is 11.3 Å². The summed E-state index contributed by atoms with van der Waals surface area (Å²) in [7, 11) is -3.47. The smallest absolute Gasteiger partial charge is 0.206 e. The van der Waals surface area contributed by atoms with Crippen molar-refractivity contribution in [2.45, 2.75) is 42.4 Å². The van der Waals surface area contributed by atoms with Crippen LogP contribution < -0.4 is 4.72 Å². The molecule has 6 heteroatoms. The van der Waals surface area contributed by atoms with E-state index in [4.69, 9.17) is 5.26 Å². The average Bonchev–Trinajstić information content (AvgIpc) is 2.85. The zero-order valence-corrected chi connectivity index (χ0v) is 11.2. The number of thiophene rings is 1. The Morgan fingerprint density at radius 1 is 1.41 bits per heavy atom. The molecule has 92 valence electrons. The van der Waals surface area contributed by atoms with E-state index in [-0.39, 0.29) is 9.75 Å². The number of sulfonamides is 1. The Morgan fingerprint density at radius 2 is 2.06 bits per heavy atom. The lowest BCUT2D eigenvalue weighted by molar-refractivity contribution is 0.428. The van der Waals surface area contributed by atoms with Gasteiger partial charge in [-0.1, -0.05) is 12.8 Å². The normalized spacial score (nSPS) is 19.1. The van der Waals surface area contributed by atoms with Crippen LogP contribution in [0.5, 0.6) is 0 Å². The number of hydrogen-bond acceptors (Lipinski definition) is 4. The minimum absolute atomic E-state index is 0.224. The highest BCUT2D eigenvalue weighted by molar-refractivity contribution is 7.91. The lowest BCUT2D eigenvalue weighted by Crippen LogP contribution is -2.43. The van der Waals surface area contributed by atoms with Crippen molar-refractivity contribution in [3.63, 3.8) is 0 Å². The van der Waals surface area contributed by atoms with Crippen LogP contribution in [-0.4, -0.2) is 14.0 Å². The first-order valence-electron chi connectivity index (χ1n) is 5.49. The molecule has 0 saturated heterocycles. The Morgan fingerprint density at radius 3 is 2.59 bits per heavy atom. The van der Waals surface area contributed by atoms with E-state index in [0.29, 0.717) is 4.88 Å². The average molecular weight is 270 g/mol. The molecule has 0 radical (unpaired) electrons. The molecule has 4 nitrogen and oxygen atoms in total. The van der Waals surface area contributed by atoms with Crippen LogP contribution in [-0.2, 0) is 10.0 Å². The third-order valence-electron chi connectivity index (χ3n) is 3.04. The van der Waals surface area contributed by atoms with E-state index in [1.807, 2.05) is 13.0 Å². The van der Waals surface area contributed by atoms with Crippen LogP contribution in [0, 0.1) is 11.3 Å². The van der Waals surface area contributed by atoms with Crippen LogP contribution in [0.3, 0.4) is 0 Å². The van der Waals surface area contributed by atoms with Crippen LogP contribution in [0.1, 0.15) is 37.5 Å². The molecule has 1 aliphatic carbocycles. The van der Waals surface area contributed by atoms with Crippen LogP contribution in [0.2, 0.25) is 0 Å². The zero-order valence-electron chi connectivity index (χ0n) is 9.56. The van der Waals surface area contributed by atoms with Crippen LogP contribution in [0.4, 0.5) is 0 Å². The largest absolute Gasteiger partial charge is 0.250 e. The van der Waals surface area contributed by atoms with E-state index in [0.717, 1.165) is 37.0 Å². The van der Waals surface area contributed by atoms with Gasteiger partial charge >= 0.3 is 0 Å². The second-order valence-corrected chi connectivity index (χ2v) is 7.60. The fourth-order valence-corrected chi connectivity index (χ4v) is 4.73. The van der Waals surface area contributed by atoms with E-state index in [9.17, 15) is 8.42 Å². The third-order valence-corrected chi connectivity index (χ3v) is 6.16. The van der Waals surface area contributed by atoms with Gasteiger partial charge in [-0.25, -0.2) is 13.1 Å². The standard InChI is InChI=1S/C11H14N2O2S2/c1-11(6-2-3-7-11)13-17(14,15)10-5-4-9(8-12)16-10/h4-5,13H,2-3,6-7H2,1H3. The molecule has 0 aromatic carbocycles. The quantitative estimate of drug-likeness (QED) is 0.915. The molecule has 1 aromatic rings. The van der Waals surface area contributed by atoms with Crippen molar-refractivity contribution >= 4 is 21.4 Å². The lowest BCUT2D eigenvalue weighted by atomic mass is 10.0. The summed E-state index contributed by atoms with van der Waals surface area (Å²) < 4.78 is 27.2. The number of nitriles is 1. The molecule has 0 atom stereocenters. The van der Waals surface area contributed by atoms with E-state index < -0.39 is 10.0 Å². The predicted octanol–water partition coefficient (Wildman–Crippen LogP) is 2.23. The number of nitrogens with zero attached hydrogens (tertiary/aromatic N) is 1. The highest BCUT2D eigenvalue weighted by atomic mass is 32.2. The first-order valence-corrected chi connectivity index (χ1v) is 7.79. The van der Waals surface area contributed by atoms with Gasteiger partial charge in [0.15, 0.2) is 0 Å². The van der Waals surface area contributed by atoms with Gasteiger partial charge < -0.3 is 0 Å². The molecular formula is C11H14N2O2S2. The maximum atomic E-state index is 12.1. The van der Waals surface area contributed by atoms with Gasteiger partial charge in [0.05, 0.1) is 0 Å². The monoisotopic (exact) mass is 270 g/mol. The van der Waals surface area contributed by atoms with Crippen molar-refractivity contribution in [1.82, 2.24) is 4.72 Å². The lowest BCUT2D eigenvalue weighted by Gasteiger charge is -2.24. The SMILES string of the molecule is CC1(NS(=O)(=O)c2ccc(C#N)s2)CCCC1. The van der Waals surface area contributed by atoms with E-state index in [1.165, 1.54) is 12.1 Å². The summed E-state index contributed by atoms with van der Waals surface area (Å²) in [5, 5.41) is 8.70. The third kappa shape index (κ3) is 2.68. The molecule has 1 aromatic heterocycles. The second-order valence-electron chi connectivity index (χ2n) is 4.60. The second kappa shape index (κ2) is 4.41. The van der Waals surface area contributed by atoms with Crippen LogP contribution in [0.25, 0.3) is 0 Å². The number of nitrogens with one attached hydrogen (secondary N) is 1. The van der Waals surface area contributed by atoms with Gasteiger partial charge in [0.2, 0.25) is 0 Å². The molecule has 1 heterocycles. The Balaban J connectivity index is 2.22. The van der Waals surface area contributed by atoms with Crippen molar-refractivity contribution in [3.05, 3.63) is 17.0 Å². The molecule has 0 amide bonds. The zero-order chi connectivity index (χ0) is 12.5. The summed E-state index contributed by atoms with van der Waals surface area (Å²) in [5.41, 5.74) is -0.324. The summed E-state index contributed by atoms with van der Waals surface area (Å²) >= 11 is 1.01. The molecular weight excluding hydrogens is 256 g/mol. The van der Waals surface area contributed by atoms with Gasteiger partial charge in [0, 0.05) is 5.54 Å².